The molecule has 0 amide bonds. The van der Waals surface area contributed by atoms with Crippen molar-refractivity contribution in [2.75, 3.05) is 12.4 Å². The first-order valence-corrected chi connectivity index (χ1v) is 5.99. The minimum absolute atomic E-state index is 0.931. The summed E-state index contributed by atoms with van der Waals surface area (Å²) in [6.45, 7) is 12.0. The molecule has 0 aliphatic carbocycles. The van der Waals surface area contributed by atoms with Crippen molar-refractivity contribution in [2.45, 2.75) is 41.5 Å². The monoisotopic (exact) mass is 222 g/mol. The molecule has 0 fully saturated rings. The lowest BCUT2D eigenvalue weighted by molar-refractivity contribution is 1.39. The highest BCUT2D eigenvalue weighted by Crippen LogP contribution is 2.08. The number of aryl methyl sites for hydroxylation is 1. The van der Waals surface area contributed by atoms with E-state index in [1.165, 1.54) is 5.56 Å². The van der Waals surface area contributed by atoms with Crippen LogP contribution in [0.1, 0.15) is 40.2 Å². The summed E-state index contributed by atoms with van der Waals surface area (Å²) < 4.78 is 0. The van der Waals surface area contributed by atoms with Gasteiger partial charge in [0.25, 0.3) is 0 Å². The van der Waals surface area contributed by atoms with Gasteiger partial charge in [0, 0.05) is 12.7 Å². The molecule has 0 saturated carbocycles. The van der Waals surface area contributed by atoms with E-state index >= 15 is 0 Å². The van der Waals surface area contributed by atoms with Gasteiger partial charge in [-0.05, 0) is 31.5 Å². The molecule has 0 spiro atoms. The Morgan fingerprint density at radius 1 is 1.12 bits per heavy atom. The third-order valence-electron chi connectivity index (χ3n) is 1.68. The molecule has 1 rings (SSSR count). The highest BCUT2D eigenvalue weighted by Gasteiger charge is 1.91. The summed E-state index contributed by atoms with van der Waals surface area (Å²) in [5.41, 5.74) is 2.35. The predicted octanol–water partition coefficient (Wildman–Crippen LogP) is 4.51. The summed E-state index contributed by atoms with van der Waals surface area (Å²) >= 11 is 0. The first-order valence-electron chi connectivity index (χ1n) is 5.99. The van der Waals surface area contributed by atoms with Gasteiger partial charge in [-0.25, -0.2) is 0 Å². The SMILES string of the molecule is CC.CC.CN=C(C)Nc1cccc(C)c1. The molecule has 0 aliphatic heterocycles. The molecule has 2 heteroatoms. The molecule has 0 saturated heterocycles. The summed E-state index contributed by atoms with van der Waals surface area (Å²) in [7, 11) is 1.78. The molecule has 0 radical (unpaired) electrons. The zero-order valence-corrected chi connectivity index (χ0v) is 11.8. The molecule has 0 unspecified atom stereocenters. The van der Waals surface area contributed by atoms with E-state index < -0.39 is 0 Å². The molecule has 0 aliphatic rings. The zero-order chi connectivity index (χ0) is 13.0. The van der Waals surface area contributed by atoms with Crippen LogP contribution in [0.2, 0.25) is 0 Å². The molecule has 1 N–H and O–H groups in total. The second-order valence-corrected chi connectivity index (χ2v) is 2.80. The number of anilines is 1. The van der Waals surface area contributed by atoms with Gasteiger partial charge in [0.15, 0.2) is 0 Å². The number of nitrogens with zero attached hydrogens (tertiary/aromatic N) is 1. The number of amidine groups is 1. The van der Waals surface area contributed by atoms with Crippen molar-refractivity contribution in [2.24, 2.45) is 4.99 Å². The van der Waals surface area contributed by atoms with Gasteiger partial charge < -0.3 is 5.32 Å². The maximum absolute atomic E-state index is 4.02. The summed E-state index contributed by atoms with van der Waals surface area (Å²) in [4.78, 5) is 4.02. The average Bonchev–Trinajstić information content (AvgIpc) is 2.34. The van der Waals surface area contributed by atoms with Crippen molar-refractivity contribution in [3.05, 3.63) is 29.8 Å². The summed E-state index contributed by atoms with van der Waals surface area (Å²) in [6.07, 6.45) is 0. The van der Waals surface area contributed by atoms with Gasteiger partial charge in [0.2, 0.25) is 0 Å². The predicted molar refractivity (Wildman–Crippen MR) is 76.5 cm³/mol. The molecule has 0 heterocycles. The van der Waals surface area contributed by atoms with Gasteiger partial charge in [0.1, 0.15) is 0 Å². The van der Waals surface area contributed by atoms with Crippen molar-refractivity contribution in [3.63, 3.8) is 0 Å². The Hall–Kier alpha value is -1.31. The largest absolute Gasteiger partial charge is 0.344 e. The molecule has 0 aromatic heterocycles. The van der Waals surface area contributed by atoms with Crippen LogP contribution in [0, 0.1) is 6.92 Å². The molecule has 1 aromatic carbocycles. The van der Waals surface area contributed by atoms with Crippen LogP contribution in [-0.4, -0.2) is 12.9 Å². The quantitative estimate of drug-likeness (QED) is 0.549. The Bertz CT molecular complexity index is 291. The van der Waals surface area contributed by atoms with Crippen LogP contribution in [0.5, 0.6) is 0 Å². The highest BCUT2D eigenvalue weighted by atomic mass is 15.0. The van der Waals surface area contributed by atoms with E-state index in [1.54, 1.807) is 7.05 Å². The number of hydrogen-bond acceptors (Lipinski definition) is 1. The number of benzene rings is 1. The third kappa shape index (κ3) is 8.04. The Labute approximate surface area is 101 Å². The topological polar surface area (TPSA) is 24.4 Å². The van der Waals surface area contributed by atoms with Gasteiger partial charge in [-0.1, -0.05) is 39.8 Å². The first kappa shape index (κ1) is 17.1. The van der Waals surface area contributed by atoms with Gasteiger partial charge in [0.05, 0.1) is 5.84 Å². The second-order valence-electron chi connectivity index (χ2n) is 2.80. The van der Waals surface area contributed by atoms with E-state index in [9.17, 15) is 0 Å². The Balaban J connectivity index is 0. The lowest BCUT2D eigenvalue weighted by Gasteiger charge is -2.04. The number of aliphatic imine (C=N–C) groups is 1. The Morgan fingerprint density at radius 2 is 1.69 bits per heavy atom. The molecule has 92 valence electrons. The van der Waals surface area contributed by atoms with Crippen LogP contribution in [0.3, 0.4) is 0 Å². The van der Waals surface area contributed by atoms with Crippen molar-refractivity contribution in [1.82, 2.24) is 0 Å². The van der Waals surface area contributed by atoms with Gasteiger partial charge >= 0.3 is 0 Å². The smallest absolute Gasteiger partial charge is 0.0972 e. The van der Waals surface area contributed by atoms with Crippen molar-refractivity contribution in [1.29, 1.82) is 0 Å². The number of hydrogen-bond donors (Lipinski definition) is 1. The second kappa shape index (κ2) is 11.8. The average molecular weight is 222 g/mol. The van der Waals surface area contributed by atoms with E-state index in [2.05, 4.69) is 29.4 Å². The van der Waals surface area contributed by atoms with Crippen LogP contribution >= 0.6 is 0 Å². The summed E-state index contributed by atoms with van der Waals surface area (Å²) in [5, 5.41) is 3.18. The normalized spacial score (nSPS) is 9.31. The standard InChI is InChI=1S/C10H14N2.2C2H6/c1-8-5-4-6-10(7-8)12-9(2)11-3;2*1-2/h4-7H,1-3H3,(H,11,12);2*1-2H3. The van der Waals surface area contributed by atoms with Crippen LogP contribution in [0.15, 0.2) is 29.3 Å². The molecule has 2 nitrogen and oxygen atoms in total. The molecular formula is C14H26N2. The van der Waals surface area contributed by atoms with E-state index in [4.69, 9.17) is 0 Å². The zero-order valence-electron chi connectivity index (χ0n) is 11.8. The van der Waals surface area contributed by atoms with Gasteiger partial charge in [-0.3, -0.25) is 4.99 Å². The van der Waals surface area contributed by atoms with Crippen molar-refractivity contribution < 1.29 is 0 Å². The maximum Gasteiger partial charge on any atom is 0.0972 e. The molecular weight excluding hydrogens is 196 g/mol. The molecule has 16 heavy (non-hydrogen) atoms. The maximum atomic E-state index is 4.02. The summed E-state index contributed by atoms with van der Waals surface area (Å²) in [6, 6.07) is 8.22. The summed E-state index contributed by atoms with van der Waals surface area (Å²) in [5.74, 6) is 0.931. The van der Waals surface area contributed by atoms with Crippen LogP contribution < -0.4 is 5.32 Å². The number of rotatable bonds is 1. The Morgan fingerprint density at radius 3 is 2.12 bits per heavy atom. The van der Waals surface area contributed by atoms with E-state index in [1.807, 2.05) is 46.8 Å². The first-order chi connectivity index (χ1) is 7.72. The van der Waals surface area contributed by atoms with Crippen molar-refractivity contribution in [3.8, 4) is 0 Å². The lowest BCUT2D eigenvalue weighted by Crippen LogP contribution is -2.06. The lowest BCUT2D eigenvalue weighted by atomic mass is 10.2. The van der Waals surface area contributed by atoms with Gasteiger partial charge in [-0.15, -0.1) is 0 Å². The minimum atomic E-state index is 0.931. The van der Waals surface area contributed by atoms with Crippen LogP contribution in [0.25, 0.3) is 0 Å². The number of nitrogens with one attached hydrogen (secondary N) is 1. The molecule has 1 aromatic rings. The van der Waals surface area contributed by atoms with E-state index in [0.29, 0.717) is 0 Å². The Kier molecular flexibility index (Phi) is 12.6. The third-order valence-corrected chi connectivity index (χ3v) is 1.68. The fourth-order valence-electron chi connectivity index (χ4n) is 0.988. The molecule has 0 bridgehead atoms. The van der Waals surface area contributed by atoms with Crippen LogP contribution in [0.4, 0.5) is 5.69 Å². The minimum Gasteiger partial charge on any atom is -0.344 e. The van der Waals surface area contributed by atoms with Crippen LogP contribution in [-0.2, 0) is 0 Å². The van der Waals surface area contributed by atoms with Crippen molar-refractivity contribution >= 4 is 11.5 Å². The molecule has 0 atom stereocenters. The van der Waals surface area contributed by atoms with Gasteiger partial charge in [-0.2, -0.15) is 0 Å². The van der Waals surface area contributed by atoms with E-state index in [-0.39, 0.29) is 0 Å². The fourth-order valence-corrected chi connectivity index (χ4v) is 0.988. The van der Waals surface area contributed by atoms with E-state index in [0.717, 1.165) is 11.5 Å². The highest BCUT2D eigenvalue weighted by molar-refractivity contribution is 5.93. The fraction of sp³-hybridized carbons (Fsp3) is 0.500.